The molecular weight excluding hydrogens is 556 g/mol. The van der Waals surface area contributed by atoms with E-state index in [0.717, 1.165) is 18.4 Å². The summed E-state index contributed by atoms with van der Waals surface area (Å²) in [4.78, 5) is 38.7. The molecule has 2 fully saturated rings. The number of carbonyl (C=O) groups is 1. The fraction of sp³-hybridized carbons (Fsp3) is 0.296. The van der Waals surface area contributed by atoms with E-state index in [1.54, 1.807) is 24.3 Å². The fourth-order valence-corrected chi connectivity index (χ4v) is 7.05. The van der Waals surface area contributed by atoms with Crippen LogP contribution < -0.4 is 10.1 Å². The Morgan fingerprint density at radius 1 is 1.08 bits per heavy atom. The van der Waals surface area contributed by atoms with Gasteiger partial charge in [-0.3, -0.25) is 29.9 Å². The van der Waals surface area contributed by atoms with E-state index in [4.69, 9.17) is 4.74 Å². The van der Waals surface area contributed by atoms with Crippen molar-refractivity contribution in [3.63, 3.8) is 0 Å². The summed E-state index contributed by atoms with van der Waals surface area (Å²) in [6, 6.07) is 17.6. The van der Waals surface area contributed by atoms with Crippen LogP contribution in [0.1, 0.15) is 35.4 Å². The van der Waals surface area contributed by atoms with Crippen LogP contribution in [0.3, 0.4) is 0 Å². The first-order valence-corrected chi connectivity index (χ1v) is 13.1. The van der Waals surface area contributed by atoms with Gasteiger partial charge in [-0.25, -0.2) is 0 Å². The van der Waals surface area contributed by atoms with Gasteiger partial charge in [0, 0.05) is 40.9 Å². The summed E-state index contributed by atoms with van der Waals surface area (Å²) in [5, 5.41) is 26.7. The van der Waals surface area contributed by atoms with Crippen molar-refractivity contribution in [2.45, 2.75) is 43.0 Å². The summed E-state index contributed by atoms with van der Waals surface area (Å²) in [5.74, 6) is -0.338. The van der Waals surface area contributed by atoms with E-state index in [1.807, 2.05) is 35.2 Å². The maximum Gasteiger partial charge on any atom is 0.269 e. The average molecular weight is 579 g/mol. The van der Waals surface area contributed by atoms with Crippen molar-refractivity contribution in [1.29, 1.82) is 0 Å². The lowest BCUT2D eigenvalue weighted by molar-refractivity contribution is -0.534. The Balaban J connectivity index is 1.35. The van der Waals surface area contributed by atoms with E-state index in [0.29, 0.717) is 33.6 Å². The SMILES string of the molecule is O=C1Nc2ccccc2[C@]12[C@H]([N+](=O)[O-])[C@H](c1ccc(OCc3cccc([N+](=O)[O-])c3)c(Br)c1)[C@@H]1CCCN12. The van der Waals surface area contributed by atoms with Crippen LogP contribution in [-0.4, -0.2) is 39.3 Å². The first kappa shape index (κ1) is 24.5. The Labute approximate surface area is 226 Å². The monoisotopic (exact) mass is 578 g/mol. The molecule has 1 spiro atoms. The predicted octanol–water partition coefficient (Wildman–Crippen LogP) is 4.99. The van der Waals surface area contributed by atoms with Gasteiger partial charge < -0.3 is 10.1 Å². The van der Waals surface area contributed by atoms with E-state index in [9.17, 15) is 25.0 Å². The Kier molecular flexibility index (Phi) is 5.92. The number of amides is 1. The molecule has 1 N–H and O–H groups in total. The van der Waals surface area contributed by atoms with Gasteiger partial charge in [-0.2, -0.15) is 0 Å². The van der Waals surface area contributed by atoms with Crippen molar-refractivity contribution in [3.8, 4) is 5.75 Å². The molecule has 10 nitrogen and oxygen atoms in total. The molecule has 0 aliphatic carbocycles. The fourth-order valence-electron chi connectivity index (χ4n) is 6.54. The first-order valence-electron chi connectivity index (χ1n) is 12.3. The smallest absolute Gasteiger partial charge is 0.269 e. The molecule has 0 bridgehead atoms. The van der Waals surface area contributed by atoms with Gasteiger partial charge in [0.05, 0.1) is 15.3 Å². The molecule has 3 aliphatic rings. The van der Waals surface area contributed by atoms with E-state index in [2.05, 4.69) is 21.2 Å². The van der Waals surface area contributed by atoms with Crippen LogP contribution in [-0.2, 0) is 16.9 Å². The van der Waals surface area contributed by atoms with Crippen LogP contribution in [0.2, 0.25) is 0 Å². The number of non-ortho nitro benzene ring substituents is 1. The molecule has 1 amide bonds. The number of anilines is 1. The number of hydrogen-bond acceptors (Lipinski definition) is 7. The van der Waals surface area contributed by atoms with Gasteiger partial charge in [0.15, 0.2) is 5.54 Å². The molecule has 4 atom stereocenters. The number of nitro groups is 2. The summed E-state index contributed by atoms with van der Waals surface area (Å²) in [7, 11) is 0. The van der Waals surface area contributed by atoms with Gasteiger partial charge in [-0.1, -0.05) is 36.4 Å². The molecule has 0 unspecified atom stereocenters. The Hall–Kier alpha value is -3.83. The molecule has 0 radical (unpaired) electrons. The normalized spacial score (nSPS) is 25.7. The van der Waals surface area contributed by atoms with Crippen molar-refractivity contribution < 1.29 is 19.4 Å². The summed E-state index contributed by atoms with van der Waals surface area (Å²) in [6.45, 7) is 0.732. The zero-order chi connectivity index (χ0) is 26.6. The quantitative estimate of drug-likeness (QED) is 0.322. The standard InChI is InChI=1S/C27H23BrN4O6/c28-20-14-17(10-11-23(20)38-15-16-5-3-6-18(13-16)31(34)35)24-22-9-4-12-30(22)27(25(24)32(36)37)19-7-1-2-8-21(19)29-26(27)33/h1-3,5-8,10-11,13-14,22,24-25H,4,9,12,15H2,(H,29,33)/t22-,24+,25+,27-/m0/s1. The average Bonchev–Trinajstić information content (AvgIpc) is 3.56. The van der Waals surface area contributed by atoms with E-state index >= 15 is 0 Å². The number of nitrogens with zero attached hydrogens (tertiary/aromatic N) is 3. The highest BCUT2D eigenvalue weighted by molar-refractivity contribution is 9.10. The highest BCUT2D eigenvalue weighted by Gasteiger charge is 2.73. The van der Waals surface area contributed by atoms with Gasteiger partial charge in [0.2, 0.25) is 0 Å². The Morgan fingerprint density at radius 2 is 1.89 bits per heavy atom. The molecule has 3 aromatic rings. The summed E-state index contributed by atoms with van der Waals surface area (Å²) in [6.07, 6.45) is 1.61. The van der Waals surface area contributed by atoms with Gasteiger partial charge in [0.1, 0.15) is 12.4 Å². The van der Waals surface area contributed by atoms with Crippen molar-refractivity contribution >= 4 is 33.2 Å². The third-order valence-electron chi connectivity index (χ3n) is 7.95. The molecule has 3 aliphatic heterocycles. The van der Waals surface area contributed by atoms with Crippen LogP contribution in [0.4, 0.5) is 11.4 Å². The number of benzene rings is 3. The molecular formula is C27H23BrN4O6. The molecule has 0 aromatic heterocycles. The number of rotatable bonds is 6. The van der Waals surface area contributed by atoms with Crippen LogP contribution >= 0.6 is 15.9 Å². The second kappa shape index (κ2) is 9.17. The number of carbonyl (C=O) groups excluding carboxylic acids is 1. The molecule has 194 valence electrons. The number of hydrogen-bond donors (Lipinski definition) is 1. The van der Waals surface area contributed by atoms with Gasteiger partial charge in [-0.05, 0) is 58.1 Å². The maximum absolute atomic E-state index is 13.6. The molecule has 2 saturated heterocycles. The molecule has 3 aromatic carbocycles. The molecule has 0 saturated carbocycles. The molecule has 11 heteroatoms. The lowest BCUT2D eigenvalue weighted by Gasteiger charge is -2.32. The number of nitro benzene ring substituents is 1. The predicted molar refractivity (Wildman–Crippen MR) is 142 cm³/mol. The summed E-state index contributed by atoms with van der Waals surface area (Å²) >= 11 is 3.55. The molecule has 38 heavy (non-hydrogen) atoms. The summed E-state index contributed by atoms with van der Waals surface area (Å²) in [5.41, 5.74) is 1.32. The Bertz CT molecular complexity index is 1480. The third kappa shape index (κ3) is 3.60. The third-order valence-corrected chi connectivity index (χ3v) is 8.57. The first-order chi connectivity index (χ1) is 18.3. The minimum Gasteiger partial charge on any atom is -0.488 e. The minimum atomic E-state index is -1.37. The van der Waals surface area contributed by atoms with E-state index in [-0.39, 0.29) is 29.2 Å². The van der Waals surface area contributed by atoms with E-state index < -0.39 is 22.4 Å². The second-order valence-corrected chi connectivity index (χ2v) is 10.7. The number of nitrogens with one attached hydrogen (secondary N) is 1. The van der Waals surface area contributed by atoms with Crippen LogP contribution in [0.15, 0.2) is 71.2 Å². The lowest BCUT2D eigenvalue weighted by atomic mass is 9.77. The van der Waals surface area contributed by atoms with Gasteiger partial charge >= 0.3 is 0 Å². The number of ether oxygens (including phenoxy) is 1. The van der Waals surface area contributed by atoms with Crippen LogP contribution in [0, 0.1) is 20.2 Å². The van der Waals surface area contributed by atoms with Crippen LogP contribution in [0.25, 0.3) is 0 Å². The second-order valence-electron chi connectivity index (χ2n) is 9.83. The van der Waals surface area contributed by atoms with Crippen molar-refractivity contribution in [3.05, 3.63) is 108 Å². The van der Waals surface area contributed by atoms with Crippen molar-refractivity contribution in [2.75, 3.05) is 11.9 Å². The van der Waals surface area contributed by atoms with Crippen molar-refractivity contribution in [1.82, 2.24) is 4.90 Å². The zero-order valence-corrected chi connectivity index (χ0v) is 21.7. The number of halogens is 1. The topological polar surface area (TPSA) is 128 Å². The van der Waals surface area contributed by atoms with Crippen molar-refractivity contribution in [2.24, 2.45) is 0 Å². The molecule has 6 rings (SSSR count). The largest absolute Gasteiger partial charge is 0.488 e. The van der Waals surface area contributed by atoms with Gasteiger partial charge in [-0.15, -0.1) is 0 Å². The highest BCUT2D eigenvalue weighted by Crippen LogP contribution is 2.58. The number of para-hydroxylation sites is 1. The molecule has 3 heterocycles. The van der Waals surface area contributed by atoms with Gasteiger partial charge in [0.25, 0.3) is 17.6 Å². The summed E-state index contributed by atoms with van der Waals surface area (Å²) < 4.78 is 6.53. The lowest BCUT2D eigenvalue weighted by Crippen LogP contribution is -2.55. The Morgan fingerprint density at radius 3 is 2.66 bits per heavy atom. The van der Waals surface area contributed by atoms with E-state index in [1.165, 1.54) is 12.1 Å². The number of fused-ring (bicyclic) bond motifs is 4. The maximum atomic E-state index is 13.6. The highest BCUT2D eigenvalue weighted by atomic mass is 79.9. The van der Waals surface area contributed by atoms with Crippen LogP contribution in [0.5, 0.6) is 5.75 Å². The minimum absolute atomic E-state index is 0.0138. The zero-order valence-electron chi connectivity index (χ0n) is 20.1.